The minimum atomic E-state index is 0.0838. The summed E-state index contributed by atoms with van der Waals surface area (Å²) in [6.07, 6.45) is 2.78. The lowest BCUT2D eigenvalue weighted by Crippen LogP contribution is -2.25. The van der Waals surface area contributed by atoms with Crippen LogP contribution in [-0.2, 0) is 7.05 Å². The summed E-state index contributed by atoms with van der Waals surface area (Å²) in [5.74, 6) is 0. The number of aromatic nitrogens is 2. The quantitative estimate of drug-likeness (QED) is 0.907. The second-order valence-corrected chi connectivity index (χ2v) is 5.21. The van der Waals surface area contributed by atoms with Crippen molar-refractivity contribution in [2.24, 2.45) is 7.05 Å². The number of halogens is 1. The monoisotopic (exact) mass is 277 g/mol. The van der Waals surface area contributed by atoms with E-state index < -0.39 is 0 Å². The van der Waals surface area contributed by atoms with Crippen molar-refractivity contribution in [2.45, 2.75) is 26.3 Å². The maximum Gasteiger partial charge on any atom is 0.0837 e. The molecule has 2 rings (SSSR count). The second-order valence-electron chi connectivity index (χ2n) is 4.80. The molecule has 0 spiro atoms. The van der Waals surface area contributed by atoms with E-state index in [2.05, 4.69) is 48.5 Å². The van der Waals surface area contributed by atoms with Gasteiger partial charge < -0.3 is 5.32 Å². The fraction of sp³-hybridized carbons (Fsp3) is 0.400. The third kappa shape index (κ3) is 3.17. The van der Waals surface area contributed by atoms with Crippen LogP contribution in [0.15, 0.2) is 30.5 Å². The van der Waals surface area contributed by atoms with Gasteiger partial charge >= 0.3 is 0 Å². The van der Waals surface area contributed by atoms with Crippen LogP contribution in [0.5, 0.6) is 0 Å². The molecule has 4 heteroatoms. The average Bonchev–Trinajstić information content (AvgIpc) is 2.73. The smallest absolute Gasteiger partial charge is 0.0837 e. The Bertz CT molecular complexity index is 511. The Balaban J connectivity index is 2.38. The Morgan fingerprint density at radius 3 is 2.53 bits per heavy atom. The van der Waals surface area contributed by atoms with Crippen molar-refractivity contribution in [3.05, 3.63) is 52.3 Å². The van der Waals surface area contributed by atoms with Crippen molar-refractivity contribution >= 4 is 11.6 Å². The van der Waals surface area contributed by atoms with E-state index in [1.54, 1.807) is 6.20 Å². The molecular formula is C15H20ClN3. The molecule has 0 aliphatic heterocycles. The van der Waals surface area contributed by atoms with Gasteiger partial charge in [-0.3, -0.25) is 4.68 Å². The van der Waals surface area contributed by atoms with Gasteiger partial charge in [0.1, 0.15) is 0 Å². The lowest BCUT2D eigenvalue weighted by molar-refractivity contribution is 0.554. The van der Waals surface area contributed by atoms with Gasteiger partial charge in [-0.2, -0.15) is 5.10 Å². The first-order valence-electron chi connectivity index (χ1n) is 6.60. The predicted octanol–water partition coefficient (Wildman–Crippen LogP) is 3.47. The van der Waals surface area contributed by atoms with E-state index >= 15 is 0 Å². The summed E-state index contributed by atoms with van der Waals surface area (Å²) in [6.45, 7) is 5.19. The van der Waals surface area contributed by atoms with E-state index in [0.29, 0.717) is 5.02 Å². The summed E-state index contributed by atoms with van der Waals surface area (Å²) in [7, 11) is 1.93. The van der Waals surface area contributed by atoms with Crippen molar-refractivity contribution < 1.29 is 0 Å². The number of hydrogen-bond donors (Lipinski definition) is 1. The summed E-state index contributed by atoms with van der Waals surface area (Å²) < 4.78 is 1.84. The highest BCUT2D eigenvalue weighted by Gasteiger charge is 2.20. The summed E-state index contributed by atoms with van der Waals surface area (Å²) >= 11 is 6.28. The first kappa shape index (κ1) is 14.1. The van der Waals surface area contributed by atoms with Crippen LogP contribution < -0.4 is 5.32 Å². The van der Waals surface area contributed by atoms with Crippen LogP contribution in [0.4, 0.5) is 0 Å². The molecular weight excluding hydrogens is 258 g/mol. The normalized spacial score (nSPS) is 12.6. The van der Waals surface area contributed by atoms with E-state index in [1.807, 2.05) is 11.7 Å². The van der Waals surface area contributed by atoms with Crippen LogP contribution in [0.1, 0.15) is 36.2 Å². The molecule has 1 atom stereocenters. The molecule has 0 aliphatic carbocycles. The van der Waals surface area contributed by atoms with Gasteiger partial charge in [-0.1, -0.05) is 48.4 Å². The molecule has 0 saturated heterocycles. The van der Waals surface area contributed by atoms with Crippen molar-refractivity contribution in [2.75, 3.05) is 6.54 Å². The Morgan fingerprint density at radius 2 is 2.00 bits per heavy atom. The van der Waals surface area contributed by atoms with Crippen molar-refractivity contribution in [3.63, 3.8) is 0 Å². The fourth-order valence-electron chi connectivity index (χ4n) is 2.16. The van der Waals surface area contributed by atoms with Crippen LogP contribution in [0.2, 0.25) is 5.02 Å². The van der Waals surface area contributed by atoms with Crippen LogP contribution in [0.25, 0.3) is 0 Å². The van der Waals surface area contributed by atoms with Gasteiger partial charge in [0, 0.05) is 7.05 Å². The highest BCUT2D eigenvalue weighted by molar-refractivity contribution is 6.31. The van der Waals surface area contributed by atoms with E-state index in [4.69, 9.17) is 11.6 Å². The van der Waals surface area contributed by atoms with E-state index in [-0.39, 0.29) is 6.04 Å². The molecule has 1 aromatic heterocycles. The van der Waals surface area contributed by atoms with Crippen molar-refractivity contribution in [1.82, 2.24) is 15.1 Å². The first-order valence-corrected chi connectivity index (χ1v) is 6.98. The minimum absolute atomic E-state index is 0.0838. The molecule has 3 nitrogen and oxygen atoms in total. The molecule has 1 N–H and O–H groups in total. The van der Waals surface area contributed by atoms with E-state index in [0.717, 1.165) is 18.7 Å². The van der Waals surface area contributed by atoms with Gasteiger partial charge in [0.05, 0.1) is 23.0 Å². The molecule has 0 bridgehead atoms. The summed E-state index contributed by atoms with van der Waals surface area (Å²) in [5, 5.41) is 8.48. The minimum Gasteiger partial charge on any atom is -0.305 e. The zero-order chi connectivity index (χ0) is 13.8. The Labute approximate surface area is 119 Å². The third-order valence-corrected chi connectivity index (χ3v) is 3.51. The van der Waals surface area contributed by atoms with Gasteiger partial charge in [0.15, 0.2) is 0 Å². The molecule has 19 heavy (non-hydrogen) atoms. The van der Waals surface area contributed by atoms with Gasteiger partial charge in [-0.05, 0) is 25.5 Å². The molecule has 0 radical (unpaired) electrons. The number of aryl methyl sites for hydroxylation is 2. The Morgan fingerprint density at radius 1 is 1.32 bits per heavy atom. The first-order chi connectivity index (χ1) is 9.13. The standard InChI is InChI=1S/C15H20ClN3/c1-4-9-17-14(12-7-5-11(2)6-8-12)15-13(16)10-18-19(15)3/h5-8,10,14,17H,4,9H2,1-3H3. The molecule has 0 saturated carbocycles. The molecule has 1 aromatic carbocycles. The van der Waals surface area contributed by atoms with Crippen LogP contribution in [0, 0.1) is 6.92 Å². The number of hydrogen-bond acceptors (Lipinski definition) is 2. The lowest BCUT2D eigenvalue weighted by Gasteiger charge is -2.20. The van der Waals surface area contributed by atoms with Crippen molar-refractivity contribution in [3.8, 4) is 0 Å². The maximum atomic E-state index is 6.28. The SMILES string of the molecule is CCCNC(c1ccc(C)cc1)c1c(Cl)cnn1C. The summed E-state index contributed by atoms with van der Waals surface area (Å²) in [5.41, 5.74) is 3.48. The topological polar surface area (TPSA) is 29.9 Å². The summed E-state index contributed by atoms with van der Waals surface area (Å²) in [4.78, 5) is 0. The van der Waals surface area contributed by atoms with E-state index in [1.165, 1.54) is 11.1 Å². The van der Waals surface area contributed by atoms with Gasteiger partial charge in [0.25, 0.3) is 0 Å². The van der Waals surface area contributed by atoms with E-state index in [9.17, 15) is 0 Å². The number of rotatable bonds is 5. The van der Waals surface area contributed by atoms with Gasteiger partial charge in [-0.15, -0.1) is 0 Å². The van der Waals surface area contributed by atoms with Crippen LogP contribution in [0.3, 0.4) is 0 Å². The molecule has 2 aromatic rings. The Hall–Kier alpha value is -1.32. The van der Waals surface area contributed by atoms with Crippen molar-refractivity contribution in [1.29, 1.82) is 0 Å². The molecule has 1 heterocycles. The highest BCUT2D eigenvalue weighted by atomic mass is 35.5. The van der Waals surface area contributed by atoms with Crippen LogP contribution in [-0.4, -0.2) is 16.3 Å². The third-order valence-electron chi connectivity index (χ3n) is 3.22. The number of nitrogens with zero attached hydrogens (tertiary/aromatic N) is 2. The molecule has 0 aliphatic rings. The zero-order valence-corrected chi connectivity index (χ0v) is 12.4. The van der Waals surface area contributed by atoms with Gasteiger partial charge in [-0.25, -0.2) is 0 Å². The van der Waals surface area contributed by atoms with Gasteiger partial charge in [0.2, 0.25) is 0 Å². The molecule has 0 fully saturated rings. The average molecular weight is 278 g/mol. The largest absolute Gasteiger partial charge is 0.305 e. The molecule has 1 unspecified atom stereocenters. The Kier molecular flexibility index (Phi) is 4.61. The predicted molar refractivity (Wildman–Crippen MR) is 79.5 cm³/mol. The molecule has 102 valence electrons. The molecule has 0 amide bonds. The maximum absolute atomic E-state index is 6.28. The van der Waals surface area contributed by atoms with Crippen LogP contribution >= 0.6 is 11.6 Å². The highest BCUT2D eigenvalue weighted by Crippen LogP contribution is 2.28. The fourth-order valence-corrected chi connectivity index (χ4v) is 2.44. The zero-order valence-electron chi connectivity index (χ0n) is 11.7. The lowest BCUT2D eigenvalue weighted by atomic mass is 10.0. The second kappa shape index (κ2) is 6.22. The number of benzene rings is 1. The summed E-state index contributed by atoms with van der Waals surface area (Å²) in [6, 6.07) is 8.62. The number of nitrogens with one attached hydrogen (secondary N) is 1.